The number of rotatable bonds is 5. The first-order valence-electron chi connectivity index (χ1n) is 11.1. The minimum absolute atomic E-state index is 0.00103. The highest BCUT2D eigenvalue weighted by atomic mass is 32.1. The lowest BCUT2D eigenvalue weighted by Gasteiger charge is -2.29. The molecule has 1 saturated carbocycles. The van der Waals surface area contributed by atoms with Crippen LogP contribution in [0.1, 0.15) is 66.2 Å². The third kappa shape index (κ3) is 4.54. The molecule has 4 rings (SSSR count). The zero-order chi connectivity index (χ0) is 21.1. The number of nitrogens with one attached hydrogen (secondary N) is 1. The van der Waals surface area contributed by atoms with E-state index in [0.29, 0.717) is 36.9 Å². The van der Waals surface area contributed by atoms with E-state index >= 15 is 0 Å². The van der Waals surface area contributed by atoms with Gasteiger partial charge in [-0.3, -0.25) is 9.59 Å². The molecule has 2 aliphatic carbocycles. The van der Waals surface area contributed by atoms with Crippen LogP contribution in [0.15, 0.2) is 0 Å². The first-order valence-corrected chi connectivity index (χ1v) is 11.9. The normalized spacial score (nSPS) is 20.5. The number of aryl methyl sites for hydroxylation is 1. The van der Waals surface area contributed by atoms with Gasteiger partial charge in [0.25, 0.3) is 5.91 Å². The Bertz CT molecular complexity index is 809. The molecule has 0 bridgehead atoms. The quantitative estimate of drug-likeness (QED) is 0.720. The number of carbonyl (C=O) groups is 3. The molecule has 2 fully saturated rings. The van der Waals surface area contributed by atoms with Gasteiger partial charge in [-0.1, -0.05) is 19.3 Å². The molecular weight excluding hydrogens is 404 g/mol. The summed E-state index contributed by atoms with van der Waals surface area (Å²) in [6.07, 6.45) is 7.01. The van der Waals surface area contributed by atoms with Crippen LogP contribution in [0.3, 0.4) is 0 Å². The molecule has 1 N–H and O–H groups in total. The van der Waals surface area contributed by atoms with Crippen molar-refractivity contribution in [1.82, 2.24) is 4.90 Å². The van der Waals surface area contributed by atoms with Crippen molar-refractivity contribution >= 4 is 34.1 Å². The number of ether oxygens (including phenoxy) is 2. The molecule has 8 heteroatoms. The van der Waals surface area contributed by atoms with E-state index < -0.39 is 12.1 Å². The molecule has 30 heavy (non-hydrogen) atoms. The Balaban J connectivity index is 1.47. The van der Waals surface area contributed by atoms with E-state index in [1.54, 1.807) is 11.8 Å². The van der Waals surface area contributed by atoms with Crippen molar-refractivity contribution in [2.75, 3.05) is 31.6 Å². The Morgan fingerprint density at radius 1 is 1.10 bits per heavy atom. The Labute approximate surface area is 181 Å². The molecule has 2 amide bonds. The summed E-state index contributed by atoms with van der Waals surface area (Å²) in [7, 11) is 0. The predicted molar refractivity (Wildman–Crippen MR) is 114 cm³/mol. The third-order valence-corrected chi connectivity index (χ3v) is 7.50. The maximum atomic E-state index is 13.1. The second kappa shape index (κ2) is 9.47. The summed E-state index contributed by atoms with van der Waals surface area (Å²) >= 11 is 1.49. The fraction of sp³-hybridized carbons (Fsp3) is 0.682. The van der Waals surface area contributed by atoms with Crippen molar-refractivity contribution in [2.24, 2.45) is 5.92 Å². The van der Waals surface area contributed by atoms with E-state index in [9.17, 15) is 14.4 Å². The number of amides is 2. The van der Waals surface area contributed by atoms with Gasteiger partial charge in [0, 0.05) is 23.9 Å². The molecule has 1 aromatic rings. The van der Waals surface area contributed by atoms with E-state index in [4.69, 9.17) is 9.47 Å². The van der Waals surface area contributed by atoms with Crippen LogP contribution in [0, 0.1) is 5.92 Å². The maximum absolute atomic E-state index is 13.1. The lowest BCUT2D eigenvalue weighted by molar-refractivity contribution is -0.143. The van der Waals surface area contributed by atoms with Gasteiger partial charge >= 0.3 is 5.97 Å². The number of thiophene rings is 1. The van der Waals surface area contributed by atoms with Crippen LogP contribution in [0.4, 0.5) is 5.00 Å². The van der Waals surface area contributed by atoms with Crippen LogP contribution in [-0.2, 0) is 31.9 Å². The van der Waals surface area contributed by atoms with Crippen LogP contribution < -0.4 is 5.32 Å². The fourth-order valence-corrected chi connectivity index (χ4v) is 5.88. The SMILES string of the molecule is C[C@@H](OC(=O)c1c(NC(=O)C2CCCCC2)sc2c1CCC2)C(=O)N1CCOCC1. The van der Waals surface area contributed by atoms with Crippen molar-refractivity contribution in [2.45, 2.75) is 64.4 Å². The van der Waals surface area contributed by atoms with Gasteiger partial charge in [-0.25, -0.2) is 4.79 Å². The molecule has 3 aliphatic rings. The zero-order valence-corrected chi connectivity index (χ0v) is 18.4. The van der Waals surface area contributed by atoms with Gasteiger partial charge < -0.3 is 19.7 Å². The molecule has 1 atom stereocenters. The van der Waals surface area contributed by atoms with Crippen molar-refractivity contribution in [3.63, 3.8) is 0 Å². The highest BCUT2D eigenvalue weighted by Gasteiger charge is 2.33. The first-order chi connectivity index (χ1) is 14.5. The molecule has 2 heterocycles. The smallest absolute Gasteiger partial charge is 0.342 e. The highest BCUT2D eigenvalue weighted by Crippen LogP contribution is 2.40. The average molecular weight is 435 g/mol. The first kappa shape index (κ1) is 21.3. The molecule has 164 valence electrons. The Kier molecular flexibility index (Phi) is 6.73. The number of hydrogen-bond acceptors (Lipinski definition) is 6. The monoisotopic (exact) mass is 434 g/mol. The van der Waals surface area contributed by atoms with E-state index in [0.717, 1.165) is 55.4 Å². The second-order valence-electron chi connectivity index (χ2n) is 8.37. The summed E-state index contributed by atoms with van der Waals surface area (Å²) in [5, 5.41) is 3.61. The summed E-state index contributed by atoms with van der Waals surface area (Å²) < 4.78 is 10.9. The summed E-state index contributed by atoms with van der Waals surface area (Å²) in [4.78, 5) is 41.3. The molecular formula is C22H30N2O5S. The number of esters is 1. The highest BCUT2D eigenvalue weighted by molar-refractivity contribution is 7.17. The van der Waals surface area contributed by atoms with Crippen LogP contribution in [0.25, 0.3) is 0 Å². The molecule has 1 aromatic heterocycles. The van der Waals surface area contributed by atoms with Gasteiger partial charge in [-0.15, -0.1) is 11.3 Å². The lowest BCUT2D eigenvalue weighted by Crippen LogP contribution is -2.46. The van der Waals surface area contributed by atoms with Crippen LogP contribution >= 0.6 is 11.3 Å². The van der Waals surface area contributed by atoms with E-state index in [1.807, 2.05) is 0 Å². The molecule has 0 aromatic carbocycles. The molecule has 7 nitrogen and oxygen atoms in total. The third-order valence-electron chi connectivity index (χ3n) is 6.29. The predicted octanol–water partition coefficient (Wildman–Crippen LogP) is 3.16. The standard InChI is InChI=1S/C22H30N2O5S/c1-14(21(26)24-10-12-28-13-11-24)29-22(27)18-16-8-5-9-17(16)30-20(18)23-19(25)15-6-3-2-4-7-15/h14-15H,2-13H2,1H3,(H,23,25)/t14-/m1/s1. The van der Waals surface area contributed by atoms with Gasteiger partial charge in [0.2, 0.25) is 5.91 Å². The number of nitrogens with zero attached hydrogens (tertiary/aromatic N) is 1. The number of fused-ring (bicyclic) bond motifs is 1. The van der Waals surface area contributed by atoms with Crippen molar-refractivity contribution in [3.05, 3.63) is 16.0 Å². The zero-order valence-electron chi connectivity index (χ0n) is 17.5. The van der Waals surface area contributed by atoms with Gasteiger partial charge in [0.1, 0.15) is 5.00 Å². The average Bonchev–Trinajstić information content (AvgIpc) is 3.35. The van der Waals surface area contributed by atoms with Gasteiger partial charge in [-0.2, -0.15) is 0 Å². The molecule has 1 saturated heterocycles. The minimum Gasteiger partial charge on any atom is -0.449 e. The summed E-state index contributed by atoms with van der Waals surface area (Å²) in [5.41, 5.74) is 1.44. The number of morpholine rings is 1. The topological polar surface area (TPSA) is 84.9 Å². The van der Waals surface area contributed by atoms with Crippen molar-refractivity contribution in [1.29, 1.82) is 0 Å². The summed E-state index contributed by atoms with van der Waals surface area (Å²) in [6.45, 7) is 3.64. The molecule has 1 aliphatic heterocycles. The number of carbonyl (C=O) groups excluding carboxylic acids is 3. The van der Waals surface area contributed by atoms with Crippen LogP contribution in [0.5, 0.6) is 0 Å². The van der Waals surface area contributed by atoms with Gasteiger partial charge in [0.15, 0.2) is 6.10 Å². The van der Waals surface area contributed by atoms with Crippen LogP contribution in [0.2, 0.25) is 0 Å². The minimum atomic E-state index is -0.866. The fourth-order valence-electron chi connectivity index (χ4n) is 4.60. The molecule has 0 radical (unpaired) electrons. The van der Waals surface area contributed by atoms with Gasteiger partial charge in [0.05, 0.1) is 18.8 Å². The van der Waals surface area contributed by atoms with Gasteiger partial charge in [-0.05, 0) is 44.6 Å². The van der Waals surface area contributed by atoms with E-state index in [-0.39, 0.29) is 17.7 Å². The van der Waals surface area contributed by atoms with E-state index in [2.05, 4.69) is 5.32 Å². The summed E-state index contributed by atoms with van der Waals surface area (Å²) in [5.74, 6) is -0.698. The molecule has 0 unspecified atom stereocenters. The Hall–Kier alpha value is -1.93. The molecule has 0 spiro atoms. The Morgan fingerprint density at radius 3 is 2.57 bits per heavy atom. The Morgan fingerprint density at radius 2 is 1.83 bits per heavy atom. The van der Waals surface area contributed by atoms with Crippen LogP contribution in [-0.4, -0.2) is 55.1 Å². The lowest BCUT2D eigenvalue weighted by atomic mass is 9.89. The maximum Gasteiger partial charge on any atom is 0.342 e. The van der Waals surface area contributed by atoms with Crippen molar-refractivity contribution < 1.29 is 23.9 Å². The number of hydrogen-bond donors (Lipinski definition) is 1. The largest absolute Gasteiger partial charge is 0.449 e. The second-order valence-corrected chi connectivity index (χ2v) is 9.48. The van der Waals surface area contributed by atoms with Crippen molar-refractivity contribution in [3.8, 4) is 0 Å². The number of anilines is 1. The summed E-state index contributed by atoms with van der Waals surface area (Å²) in [6, 6.07) is 0. The van der Waals surface area contributed by atoms with E-state index in [1.165, 1.54) is 17.8 Å².